The lowest BCUT2D eigenvalue weighted by Crippen LogP contribution is -2.49. The number of imide groups is 1. The van der Waals surface area contributed by atoms with Crippen LogP contribution in [-0.4, -0.2) is 125 Å². The van der Waals surface area contributed by atoms with Crippen molar-refractivity contribution in [2.24, 2.45) is 13.0 Å². The molecule has 0 bridgehead atoms. The molecule has 5 aromatic rings. The van der Waals surface area contributed by atoms with Crippen molar-refractivity contribution in [1.29, 1.82) is 0 Å². The number of likely N-dealkylation sites (tertiary alicyclic amines) is 1. The summed E-state index contributed by atoms with van der Waals surface area (Å²) >= 11 is 0. The van der Waals surface area contributed by atoms with Crippen LogP contribution in [0.5, 0.6) is 0 Å². The Balaban J connectivity index is 0.706. The van der Waals surface area contributed by atoms with Crippen molar-refractivity contribution in [1.82, 2.24) is 34.6 Å². The van der Waals surface area contributed by atoms with Crippen molar-refractivity contribution in [3.05, 3.63) is 96.2 Å². The predicted octanol–water partition coefficient (Wildman–Crippen LogP) is 4.57. The number of rotatable bonds is 10. The number of halogens is 1. The van der Waals surface area contributed by atoms with Crippen molar-refractivity contribution >= 4 is 51.6 Å². The summed E-state index contributed by atoms with van der Waals surface area (Å²) in [5, 5.41) is 6.50. The highest BCUT2D eigenvalue weighted by molar-refractivity contribution is 6.01. The molecule has 15 heteroatoms. The molecule has 0 radical (unpaired) electrons. The minimum atomic E-state index is -0.551. The first-order chi connectivity index (χ1) is 29.6. The van der Waals surface area contributed by atoms with Crippen LogP contribution in [0.4, 0.5) is 27.3 Å². The topological polar surface area (TPSA) is 148 Å². The molecule has 4 saturated heterocycles. The third-order valence-electron chi connectivity index (χ3n) is 13.0. The van der Waals surface area contributed by atoms with Gasteiger partial charge in [-0.25, -0.2) is 14.4 Å². The maximum Gasteiger partial charge on any atom is 0.253 e. The number of aryl methyl sites for hydroxylation is 1. The first-order valence-electron chi connectivity index (χ1n) is 21.5. The minimum Gasteiger partial charge on any atom is -0.384 e. The lowest BCUT2D eigenvalue weighted by molar-refractivity contribution is -0.133. The first-order valence-corrected chi connectivity index (χ1v) is 21.5. The standard InChI is InChI=1S/C46H54FN11O3/c1-53-36(27-38-37(12-15-49-44(38)53)33-4-10-42(48)50-28-33)30-55-18-22-56(23-19-55)35-6-2-32(3-7-35)46(61)58-16-13-31(14-17-58)29-54-20-24-57(25-21-54)41-9-5-34(26-39(41)47)51-40-8-11-43(59)52-45(40)60/h2-7,9-10,12,15,26-28,31,40,51H,8,11,13-14,16-25,29-30H2,1H3,(H2,48,50)(H,52,59,60). The van der Waals surface area contributed by atoms with Gasteiger partial charge in [-0.15, -0.1) is 0 Å². The Labute approximate surface area is 355 Å². The lowest BCUT2D eigenvalue weighted by atomic mass is 9.95. The first kappa shape index (κ1) is 40.4. The van der Waals surface area contributed by atoms with Crippen LogP contribution in [-0.2, 0) is 23.2 Å². The molecule has 14 nitrogen and oxygen atoms in total. The van der Waals surface area contributed by atoms with Crippen LogP contribution < -0.4 is 26.2 Å². The SMILES string of the molecule is Cn1c(CN2CCN(c3ccc(C(=O)N4CCC(CN5CCN(c6ccc(NC7CCC(=O)NC7=O)cc6F)CC5)CC4)cc3)CC2)cc2c(-c3ccc(N)nc3)ccnc21. The summed E-state index contributed by atoms with van der Waals surface area (Å²) < 4.78 is 17.4. The minimum absolute atomic E-state index is 0.101. The van der Waals surface area contributed by atoms with Crippen molar-refractivity contribution in [3.8, 4) is 11.1 Å². The molecule has 4 aliphatic rings. The summed E-state index contributed by atoms with van der Waals surface area (Å²) in [6.45, 7) is 10.2. The third-order valence-corrected chi connectivity index (χ3v) is 13.0. The Morgan fingerprint density at radius 1 is 0.836 bits per heavy atom. The van der Waals surface area contributed by atoms with Crippen LogP contribution in [0.25, 0.3) is 22.2 Å². The molecule has 318 valence electrons. The van der Waals surface area contributed by atoms with Crippen LogP contribution in [0.2, 0.25) is 0 Å². The van der Waals surface area contributed by atoms with Crippen LogP contribution >= 0.6 is 0 Å². The molecule has 0 aliphatic carbocycles. The molecule has 3 amide bonds. The van der Waals surface area contributed by atoms with Gasteiger partial charge in [-0.1, -0.05) is 0 Å². The number of nitrogens with zero attached hydrogens (tertiary/aromatic N) is 8. The zero-order valence-corrected chi connectivity index (χ0v) is 34.7. The molecule has 4 aliphatic heterocycles. The number of nitrogen functional groups attached to an aromatic ring is 1. The maximum atomic E-state index is 15.2. The van der Waals surface area contributed by atoms with E-state index in [9.17, 15) is 14.4 Å². The number of nitrogens with one attached hydrogen (secondary N) is 2. The van der Waals surface area contributed by atoms with Crippen LogP contribution in [0.15, 0.2) is 79.1 Å². The number of benzene rings is 2. The molecule has 4 N–H and O–H groups in total. The molecule has 3 aromatic heterocycles. The van der Waals surface area contributed by atoms with E-state index < -0.39 is 6.04 Å². The van der Waals surface area contributed by atoms with Crippen molar-refractivity contribution < 1.29 is 18.8 Å². The number of piperazine rings is 2. The predicted molar refractivity (Wildman–Crippen MR) is 236 cm³/mol. The summed E-state index contributed by atoms with van der Waals surface area (Å²) in [5.74, 6) is 0.147. The van der Waals surface area contributed by atoms with Gasteiger partial charge in [0, 0.05) is 138 Å². The molecular weight excluding hydrogens is 774 g/mol. The van der Waals surface area contributed by atoms with Crippen molar-refractivity contribution in [2.45, 2.75) is 38.3 Å². The molecule has 7 heterocycles. The third kappa shape index (κ3) is 8.89. The quantitative estimate of drug-likeness (QED) is 0.170. The van der Waals surface area contributed by atoms with E-state index in [1.807, 2.05) is 47.6 Å². The van der Waals surface area contributed by atoms with Gasteiger partial charge in [-0.05, 0) is 97.5 Å². The second-order valence-corrected chi connectivity index (χ2v) is 16.9. The summed E-state index contributed by atoms with van der Waals surface area (Å²) in [4.78, 5) is 57.6. The molecule has 2 aromatic carbocycles. The Hall–Kier alpha value is -6.06. The zero-order valence-electron chi connectivity index (χ0n) is 34.7. The van der Waals surface area contributed by atoms with Gasteiger partial charge in [-0.3, -0.25) is 29.5 Å². The molecule has 1 unspecified atom stereocenters. The zero-order chi connectivity index (χ0) is 42.0. The fourth-order valence-corrected chi connectivity index (χ4v) is 9.37. The average molecular weight is 828 g/mol. The Morgan fingerprint density at radius 2 is 1.57 bits per heavy atom. The highest BCUT2D eigenvalue weighted by atomic mass is 19.1. The highest BCUT2D eigenvalue weighted by Gasteiger charge is 2.29. The summed E-state index contributed by atoms with van der Waals surface area (Å²) in [6.07, 6.45) is 6.27. The van der Waals surface area contributed by atoms with E-state index >= 15 is 4.39 Å². The summed E-state index contributed by atoms with van der Waals surface area (Å²) in [7, 11) is 2.09. The van der Waals surface area contributed by atoms with Gasteiger partial charge in [-0.2, -0.15) is 0 Å². The Morgan fingerprint density at radius 3 is 2.28 bits per heavy atom. The van der Waals surface area contributed by atoms with E-state index in [0.717, 1.165) is 125 Å². The Bertz CT molecular complexity index is 2380. The molecule has 4 fully saturated rings. The number of carbonyl (C=O) groups excluding carboxylic acids is 3. The molecule has 0 spiro atoms. The van der Waals surface area contributed by atoms with E-state index in [1.165, 1.54) is 11.8 Å². The van der Waals surface area contributed by atoms with Gasteiger partial charge >= 0.3 is 0 Å². The van der Waals surface area contributed by atoms with Gasteiger partial charge in [0.1, 0.15) is 23.3 Å². The normalized spacial score (nSPS) is 19.7. The number of anilines is 4. The number of fused-ring (bicyclic) bond motifs is 1. The van der Waals surface area contributed by atoms with Gasteiger partial charge in [0.2, 0.25) is 11.8 Å². The molecule has 1 atom stereocenters. The Kier molecular flexibility index (Phi) is 11.6. The second-order valence-electron chi connectivity index (χ2n) is 16.9. The monoisotopic (exact) mass is 827 g/mol. The van der Waals surface area contributed by atoms with E-state index in [4.69, 9.17) is 10.7 Å². The number of piperidine rings is 2. The van der Waals surface area contributed by atoms with Gasteiger partial charge < -0.3 is 30.3 Å². The second kappa shape index (κ2) is 17.5. The van der Waals surface area contributed by atoms with Gasteiger partial charge in [0.05, 0.1) is 5.69 Å². The number of hydrogen-bond donors (Lipinski definition) is 3. The largest absolute Gasteiger partial charge is 0.384 e. The van der Waals surface area contributed by atoms with E-state index in [2.05, 4.69) is 65.0 Å². The van der Waals surface area contributed by atoms with Crippen molar-refractivity contribution in [2.75, 3.05) is 92.8 Å². The number of aromatic nitrogens is 3. The fraction of sp³-hybridized carbons (Fsp3) is 0.413. The molecular formula is C46H54FN11O3. The molecule has 0 saturated carbocycles. The van der Waals surface area contributed by atoms with Crippen LogP contribution in [0.3, 0.4) is 0 Å². The van der Waals surface area contributed by atoms with Crippen LogP contribution in [0.1, 0.15) is 41.7 Å². The van der Waals surface area contributed by atoms with E-state index in [1.54, 1.807) is 12.1 Å². The number of carbonyl (C=O) groups is 3. The maximum absolute atomic E-state index is 15.2. The van der Waals surface area contributed by atoms with Gasteiger partial charge in [0.15, 0.2) is 0 Å². The number of hydrogen-bond acceptors (Lipinski definition) is 11. The molecule has 9 rings (SSSR count). The smallest absolute Gasteiger partial charge is 0.253 e. The fourth-order valence-electron chi connectivity index (χ4n) is 9.37. The number of amides is 3. The molecule has 61 heavy (non-hydrogen) atoms. The number of pyridine rings is 2. The van der Waals surface area contributed by atoms with Gasteiger partial charge in [0.25, 0.3) is 5.91 Å². The van der Waals surface area contributed by atoms with E-state index in [-0.39, 0.29) is 30.0 Å². The summed E-state index contributed by atoms with van der Waals surface area (Å²) in [5.41, 5.74) is 13.1. The van der Waals surface area contributed by atoms with Crippen LogP contribution in [0, 0.1) is 11.7 Å². The lowest BCUT2D eigenvalue weighted by Gasteiger charge is -2.39. The van der Waals surface area contributed by atoms with E-state index in [0.29, 0.717) is 29.5 Å². The number of nitrogens with two attached hydrogens (primary N) is 1. The average Bonchev–Trinajstić information content (AvgIpc) is 3.60. The summed E-state index contributed by atoms with van der Waals surface area (Å²) in [6, 6.07) is 20.7. The van der Waals surface area contributed by atoms with Crippen molar-refractivity contribution in [3.63, 3.8) is 0 Å². The highest BCUT2D eigenvalue weighted by Crippen LogP contribution is 2.31.